The predicted octanol–water partition coefficient (Wildman–Crippen LogP) is 3.38. The fourth-order valence-electron chi connectivity index (χ4n) is 1.01. The lowest BCUT2D eigenvalue weighted by Crippen LogP contribution is -1.93. The van der Waals surface area contributed by atoms with E-state index < -0.39 is 0 Å². The third-order valence-corrected chi connectivity index (χ3v) is 2.83. The van der Waals surface area contributed by atoms with Crippen molar-refractivity contribution >= 4 is 22.9 Å². The fourth-order valence-corrected chi connectivity index (χ4v) is 2.01. The van der Waals surface area contributed by atoms with E-state index in [2.05, 4.69) is 4.98 Å². The average molecular weight is 226 g/mol. The zero-order chi connectivity index (χ0) is 9.80. The zero-order valence-electron chi connectivity index (χ0n) is 7.31. The highest BCUT2D eigenvalue weighted by Crippen LogP contribution is 2.22. The van der Waals surface area contributed by atoms with Crippen molar-refractivity contribution in [3.8, 4) is 5.88 Å². The molecule has 4 heteroatoms. The number of hydrogen-bond donors (Lipinski definition) is 0. The number of ether oxygens (including phenoxy) is 1. The molecule has 2 aromatic heterocycles. The molecule has 0 atom stereocenters. The van der Waals surface area contributed by atoms with Gasteiger partial charge in [0.05, 0.1) is 4.34 Å². The lowest BCUT2D eigenvalue weighted by molar-refractivity contribution is 0.297. The molecule has 0 spiro atoms. The Labute approximate surface area is 91.1 Å². The number of aromatic nitrogens is 1. The van der Waals surface area contributed by atoms with Crippen LogP contribution in [0.2, 0.25) is 4.34 Å². The van der Waals surface area contributed by atoms with Crippen LogP contribution in [0.25, 0.3) is 0 Å². The monoisotopic (exact) mass is 225 g/mol. The topological polar surface area (TPSA) is 22.1 Å². The minimum Gasteiger partial charge on any atom is -0.472 e. The van der Waals surface area contributed by atoms with Crippen LogP contribution in [0.5, 0.6) is 5.88 Å². The van der Waals surface area contributed by atoms with Gasteiger partial charge in [0.2, 0.25) is 5.88 Å². The Bertz CT molecular complexity index is 402. The van der Waals surface area contributed by atoms with Crippen LogP contribution in [0.15, 0.2) is 36.5 Å². The summed E-state index contributed by atoms with van der Waals surface area (Å²) in [5.74, 6) is 0.636. The van der Waals surface area contributed by atoms with E-state index in [4.69, 9.17) is 16.3 Å². The van der Waals surface area contributed by atoms with Crippen molar-refractivity contribution in [1.29, 1.82) is 0 Å². The minimum absolute atomic E-state index is 0.522. The van der Waals surface area contributed by atoms with Crippen LogP contribution in [0.3, 0.4) is 0 Å². The highest BCUT2D eigenvalue weighted by molar-refractivity contribution is 7.16. The molecule has 0 amide bonds. The van der Waals surface area contributed by atoms with Crippen LogP contribution in [-0.4, -0.2) is 4.98 Å². The SMILES string of the molecule is Clc1ccc(COc2ccccn2)s1. The largest absolute Gasteiger partial charge is 0.472 e. The Morgan fingerprint density at radius 3 is 2.86 bits per heavy atom. The summed E-state index contributed by atoms with van der Waals surface area (Å²) in [4.78, 5) is 5.15. The van der Waals surface area contributed by atoms with Gasteiger partial charge in [-0.1, -0.05) is 17.7 Å². The van der Waals surface area contributed by atoms with Crippen molar-refractivity contribution in [2.24, 2.45) is 0 Å². The van der Waals surface area contributed by atoms with Gasteiger partial charge in [0, 0.05) is 17.1 Å². The van der Waals surface area contributed by atoms with Crippen molar-refractivity contribution in [3.05, 3.63) is 45.7 Å². The molecular formula is C10H8ClNOS. The number of halogens is 1. The maximum atomic E-state index is 5.79. The van der Waals surface area contributed by atoms with Crippen LogP contribution >= 0.6 is 22.9 Å². The first-order valence-corrected chi connectivity index (χ1v) is 5.32. The Balaban J connectivity index is 1.95. The summed E-state index contributed by atoms with van der Waals surface area (Å²) in [5, 5.41) is 0. The summed E-state index contributed by atoms with van der Waals surface area (Å²) in [5.41, 5.74) is 0. The summed E-state index contributed by atoms with van der Waals surface area (Å²) >= 11 is 7.31. The third kappa shape index (κ3) is 2.47. The summed E-state index contributed by atoms with van der Waals surface area (Å²) < 4.78 is 6.23. The number of pyridine rings is 1. The first-order valence-electron chi connectivity index (χ1n) is 4.12. The number of rotatable bonds is 3. The molecule has 2 rings (SSSR count). The predicted molar refractivity (Wildman–Crippen MR) is 57.9 cm³/mol. The van der Waals surface area contributed by atoms with E-state index in [0.717, 1.165) is 9.21 Å². The Hall–Kier alpha value is -1.06. The second kappa shape index (κ2) is 4.44. The summed E-state index contributed by atoms with van der Waals surface area (Å²) in [7, 11) is 0. The van der Waals surface area contributed by atoms with Crippen LogP contribution in [0, 0.1) is 0 Å². The van der Waals surface area contributed by atoms with Gasteiger partial charge in [0.1, 0.15) is 6.61 Å². The Kier molecular flexibility index (Phi) is 3.01. The summed E-state index contributed by atoms with van der Waals surface area (Å²) in [6.45, 7) is 0.522. The molecule has 0 N–H and O–H groups in total. The molecular weight excluding hydrogens is 218 g/mol. The molecule has 0 bridgehead atoms. The normalized spacial score (nSPS) is 10.1. The van der Waals surface area contributed by atoms with Gasteiger partial charge in [0.25, 0.3) is 0 Å². The van der Waals surface area contributed by atoms with E-state index in [0.29, 0.717) is 12.5 Å². The van der Waals surface area contributed by atoms with E-state index in [-0.39, 0.29) is 0 Å². The smallest absolute Gasteiger partial charge is 0.213 e. The molecule has 0 aliphatic rings. The first kappa shape index (κ1) is 9.49. The van der Waals surface area contributed by atoms with E-state index in [1.807, 2.05) is 30.3 Å². The molecule has 0 saturated carbocycles. The second-order valence-corrected chi connectivity index (χ2v) is 4.46. The summed E-state index contributed by atoms with van der Waals surface area (Å²) in [6, 6.07) is 9.40. The minimum atomic E-state index is 0.522. The molecule has 0 aromatic carbocycles. The van der Waals surface area contributed by atoms with Crippen molar-refractivity contribution in [2.75, 3.05) is 0 Å². The molecule has 0 fully saturated rings. The lowest BCUT2D eigenvalue weighted by atomic mass is 10.5. The van der Waals surface area contributed by atoms with Crippen molar-refractivity contribution in [2.45, 2.75) is 6.61 Å². The van der Waals surface area contributed by atoms with Gasteiger partial charge in [0.15, 0.2) is 0 Å². The van der Waals surface area contributed by atoms with Gasteiger partial charge in [-0.15, -0.1) is 11.3 Å². The van der Waals surface area contributed by atoms with Gasteiger partial charge in [-0.2, -0.15) is 0 Å². The van der Waals surface area contributed by atoms with Crippen molar-refractivity contribution in [3.63, 3.8) is 0 Å². The Morgan fingerprint density at radius 2 is 2.21 bits per heavy atom. The second-order valence-electron chi connectivity index (χ2n) is 2.66. The van der Waals surface area contributed by atoms with E-state index in [9.17, 15) is 0 Å². The van der Waals surface area contributed by atoms with Gasteiger partial charge in [-0.05, 0) is 18.2 Å². The van der Waals surface area contributed by atoms with Crippen LogP contribution in [0.4, 0.5) is 0 Å². The molecule has 0 saturated heterocycles. The maximum absolute atomic E-state index is 5.79. The molecule has 2 aromatic rings. The van der Waals surface area contributed by atoms with E-state index in [1.54, 1.807) is 6.20 Å². The molecule has 2 heterocycles. The zero-order valence-corrected chi connectivity index (χ0v) is 8.89. The van der Waals surface area contributed by atoms with Crippen LogP contribution in [-0.2, 0) is 6.61 Å². The molecule has 72 valence electrons. The van der Waals surface area contributed by atoms with E-state index >= 15 is 0 Å². The molecule has 0 radical (unpaired) electrons. The van der Waals surface area contributed by atoms with Crippen molar-refractivity contribution in [1.82, 2.24) is 4.98 Å². The van der Waals surface area contributed by atoms with Gasteiger partial charge < -0.3 is 4.74 Å². The summed E-state index contributed by atoms with van der Waals surface area (Å²) in [6.07, 6.45) is 1.71. The molecule has 2 nitrogen and oxygen atoms in total. The molecule has 0 aliphatic carbocycles. The lowest BCUT2D eigenvalue weighted by Gasteiger charge is -2.01. The number of nitrogens with zero attached hydrogens (tertiary/aromatic N) is 1. The van der Waals surface area contributed by atoms with Gasteiger partial charge >= 0.3 is 0 Å². The van der Waals surface area contributed by atoms with E-state index in [1.165, 1.54) is 11.3 Å². The van der Waals surface area contributed by atoms with Crippen LogP contribution in [0.1, 0.15) is 4.88 Å². The van der Waals surface area contributed by atoms with Gasteiger partial charge in [-0.25, -0.2) is 4.98 Å². The fraction of sp³-hybridized carbons (Fsp3) is 0.100. The highest BCUT2D eigenvalue weighted by Gasteiger charge is 1.99. The molecule has 0 aliphatic heterocycles. The number of thiophene rings is 1. The first-order chi connectivity index (χ1) is 6.84. The third-order valence-electron chi connectivity index (χ3n) is 1.63. The number of hydrogen-bond acceptors (Lipinski definition) is 3. The quantitative estimate of drug-likeness (QED) is 0.799. The maximum Gasteiger partial charge on any atom is 0.213 e. The Morgan fingerprint density at radius 1 is 1.29 bits per heavy atom. The highest BCUT2D eigenvalue weighted by atomic mass is 35.5. The molecule has 0 unspecified atom stereocenters. The molecule has 14 heavy (non-hydrogen) atoms. The van der Waals surface area contributed by atoms with Gasteiger partial charge in [-0.3, -0.25) is 0 Å². The average Bonchev–Trinajstić information content (AvgIpc) is 2.63. The standard InChI is InChI=1S/C10H8ClNOS/c11-9-5-4-8(14-9)7-13-10-3-1-2-6-12-10/h1-6H,7H2. The van der Waals surface area contributed by atoms with Crippen LogP contribution < -0.4 is 4.74 Å². The van der Waals surface area contributed by atoms with Crippen molar-refractivity contribution < 1.29 is 4.74 Å².